The molecule has 1 aromatic heterocycles. The Morgan fingerprint density at radius 2 is 1.69 bits per heavy atom. The van der Waals surface area contributed by atoms with Crippen LogP contribution in [-0.4, -0.2) is 10.2 Å². The van der Waals surface area contributed by atoms with Crippen molar-refractivity contribution in [1.82, 2.24) is 10.2 Å². The average molecular weight is 237 g/mol. The van der Waals surface area contributed by atoms with Crippen LogP contribution in [0, 0.1) is 0 Å². The summed E-state index contributed by atoms with van der Waals surface area (Å²) in [6, 6.07) is 10.0. The van der Waals surface area contributed by atoms with Crippen molar-refractivity contribution in [2.24, 2.45) is 0 Å². The second-order valence-corrected chi connectivity index (χ2v) is 4.38. The van der Waals surface area contributed by atoms with Crippen molar-refractivity contribution in [2.75, 3.05) is 0 Å². The van der Waals surface area contributed by atoms with Gasteiger partial charge in [-0.2, -0.15) is 0 Å². The summed E-state index contributed by atoms with van der Waals surface area (Å²) in [5, 5.41) is 7.68. The zero-order chi connectivity index (χ0) is 11.5. The molecule has 0 aliphatic rings. The normalized spacial score (nSPS) is 14.7. The number of alkyl halides is 1. The number of hydrogen-bond acceptors (Lipinski definition) is 3. The third kappa shape index (κ3) is 2.25. The first kappa shape index (κ1) is 11.1. The SMILES string of the molecule is CC(Cl)c1nnc(C(C)c2ccccc2)o1. The minimum atomic E-state index is -0.246. The average Bonchev–Trinajstić information content (AvgIpc) is 2.78. The maximum atomic E-state index is 5.87. The van der Waals surface area contributed by atoms with E-state index in [1.807, 2.05) is 44.2 Å². The molecule has 1 aromatic carbocycles. The number of aromatic nitrogens is 2. The Hall–Kier alpha value is -1.35. The van der Waals surface area contributed by atoms with Gasteiger partial charge in [-0.3, -0.25) is 0 Å². The first-order chi connectivity index (χ1) is 7.68. The van der Waals surface area contributed by atoms with Gasteiger partial charge in [0.1, 0.15) is 5.38 Å². The molecule has 0 spiro atoms. The zero-order valence-electron chi connectivity index (χ0n) is 9.22. The Labute approximate surface area is 99.5 Å². The first-order valence-electron chi connectivity index (χ1n) is 5.21. The Kier molecular flexibility index (Phi) is 3.25. The minimum Gasteiger partial charge on any atom is -0.423 e. The predicted octanol–water partition coefficient (Wildman–Crippen LogP) is 3.52. The molecular formula is C12H13ClN2O. The van der Waals surface area contributed by atoms with E-state index in [0.717, 1.165) is 5.56 Å². The molecule has 16 heavy (non-hydrogen) atoms. The van der Waals surface area contributed by atoms with E-state index >= 15 is 0 Å². The van der Waals surface area contributed by atoms with Crippen molar-refractivity contribution in [3.8, 4) is 0 Å². The van der Waals surface area contributed by atoms with Crippen LogP contribution >= 0.6 is 11.6 Å². The van der Waals surface area contributed by atoms with Crippen LogP contribution in [-0.2, 0) is 0 Å². The molecule has 0 saturated carbocycles. The summed E-state index contributed by atoms with van der Waals surface area (Å²) < 4.78 is 5.51. The van der Waals surface area contributed by atoms with E-state index in [1.165, 1.54) is 0 Å². The fourth-order valence-corrected chi connectivity index (χ4v) is 1.55. The third-order valence-electron chi connectivity index (χ3n) is 2.47. The molecular weight excluding hydrogens is 224 g/mol. The summed E-state index contributed by atoms with van der Waals surface area (Å²) in [6.07, 6.45) is 0. The Morgan fingerprint density at radius 1 is 1.06 bits per heavy atom. The topological polar surface area (TPSA) is 38.9 Å². The lowest BCUT2D eigenvalue weighted by molar-refractivity contribution is 0.439. The van der Waals surface area contributed by atoms with Gasteiger partial charge < -0.3 is 4.42 Å². The van der Waals surface area contributed by atoms with Crippen LogP contribution in [0.2, 0.25) is 0 Å². The molecule has 2 atom stereocenters. The largest absolute Gasteiger partial charge is 0.423 e. The number of benzene rings is 1. The fraction of sp³-hybridized carbons (Fsp3) is 0.333. The van der Waals surface area contributed by atoms with Crippen molar-refractivity contribution in [1.29, 1.82) is 0 Å². The van der Waals surface area contributed by atoms with Gasteiger partial charge >= 0.3 is 0 Å². The van der Waals surface area contributed by atoms with E-state index in [0.29, 0.717) is 11.8 Å². The summed E-state index contributed by atoms with van der Waals surface area (Å²) in [5.74, 6) is 1.17. The fourth-order valence-electron chi connectivity index (χ4n) is 1.47. The smallest absolute Gasteiger partial charge is 0.234 e. The molecule has 0 fully saturated rings. The zero-order valence-corrected chi connectivity index (χ0v) is 9.98. The summed E-state index contributed by atoms with van der Waals surface area (Å²) >= 11 is 5.87. The van der Waals surface area contributed by atoms with Crippen LogP contribution in [0.15, 0.2) is 34.7 Å². The molecule has 0 aliphatic carbocycles. The van der Waals surface area contributed by atoms with E-state index < -0.39 is 0 Å². The van der Waals surface area contributed by atoms with Gasteiger partial charge in [-0.05, 0) is 19.4 Å². The van der Waals surface area contributed by atoms with Gasteiger partial charge in [-0.25, -0.2) is 0 Å². The molecule has 0 bridgehead atoms. The van der Waals surface area contributed by atoms with Gasteiger partial charge in [0.2, 0.25) is 11.8 Å². The van der Waals surface area contributed by atoms with E-state index in [9.17, 15) is 0 Å². The van der Waals surface area contributed by atoms with E-state index in [2.05, 4.69) is 10.2 Å². The molecule has 3 nitrogen and oxygen atoms in total. The molecule has 84 valence electrons. The molecule has 0 saturated heterocycles. The van der Waals surface area contributed by atoms with Gasteiger partial charge in [0, 0.05) is 0 Å². The van der Waals surface area contributed by atoms with E-state index in [4.69, 9.17) is 16.0 Å². The molecule has 0 N–H and O–H groups in total. The van der Waals surface area contributed by atoms with Gasteiger partial charge in [0.25, 0.3) is 0 Å². The molecule has 4 heteroatoms. The number of rotatable bonds is 3. The summed E-state index contributed by atoms with van der Waals surface area (Å²) in [4.78, 5) is 0. The van der Waals surface area contributed by atoms with Crippen molar-refractivity contribution in [3.63, 3.8) is 0 Å². The van der Waals surface area contributed by atoms with Crippen LogP contribution in [0.5, 0.6) is 0 Å². The molecule has 1 heterocycles. The van der Waals surface area contributed by atoms with Gasteiger partial charge in [0.05, 0.1) is 5.92 Å². The van der Waals surface area contributed by atoms with Gasteiger partial charge in [-0.15, -0.1) is 21.8 Å². The quantitative estimate of drug-likeness (QED) is 0.766. The minimum absolute atomic E-state index is 0.0952. The van der Waals surface area contributed by atoms with Crippen LogP contribution in [0.4, 0.5) is 0 Å². The lowest BCUT2D eigenvalue weighted by atomic mass is 10.0. The highest BCUT2D eigenvalue weighted by molar-refractivity contribution is 6.20. The predicted molar refractivity (Wildman–Crippen MR) is 62.5 cm³/mol. The Balaban J connectivity index is 2.24. The first-order valence-corrected chi connectivity index (χ1v) is 5.64. The summed E-state index contributed by atoms with van der Waals surface area (Å²) in [6.45, 7) is 3.84. The summed E-state index contributed by atoms with van der Waals surface area (Å²) in [7, 11) is 0. The van der Waals surface area contributed by atoms with Crippen molar-refractivity contribution < 1.29 is 4.42 Å². The third-order valence-corrected chi connectivity index (χ3v) is 2.65. The number of halogens is 1. The standard InChI is InChI=1S/C12H13ClN2O/c1-8(10-6-4-3-5-7-10)11-14-15-12(16-11)9(2)13/h3-9H,1-2H3. The molecule has 2 rings (SSSR count). The lowest BCUT2D eigenvalue weighted by Gasteiger charge is -2.06. The molecule has 0 amide bonds. The van der Waals surface area contributed by atoms with E-state index in [1.54, 1.807) is 0 Å². The molecule has 0 aliphatic heterocycles. The molecule has 0 radical (unpaired) electrons. The second kappa shape index (κ2) is 4.66. The van der Waals surface area contributed by atoms with Crippen molar-refractivity contribution in [3.05, 3.63) is 47.7 Å². The highest BCUT2D eigenvalue weighted by atomic mass is 35.5. The maximum absolute atomic E-state index is 5.87. The van der Waals surface area contributed by atoms with Crippen LogP contribution in [0.3, 0.4) is 0 Å². The van der Waals surface area contributed by atoms with Crippen LogP contribution in [0.25, 0.3) is 0 Å². The highest BCUT2D eigenvalue weighted by Crippen LogP contribution is 2.25. The summed E-state index contributed by atoms with van der Waals surface area (Å²) in [5.41, 5.74) is 1.15. The second-order valence-electron chi connectivity index (χ2n) is 3.73. The Morgan fingerprint density at radius 3 is 2.25 bits per heavy atom. The van der Waals surface area contributed by atoms with E-state index in [-0.39, 0.29) is 11.3 Å². The maximum Gasteiger partial charge on any atom is 0.234 e. The lowest BCUT2D eigenvalue weighted by Crippen LogP contribution is -1.95. The number of hydrogen-bond donors (Lipinski definition) is 0. The van der Waals surface area contributed by atoms with Crippen LogP contribution < -0.4 is 0 Å². The Bertz CT molecular complexity index is 453. The van der Waals surface area contributed by atoms with Gasteiger partial charge in [-0.1, -0.05) is 30.3 Å². The van der Waals surface area contributed by atoms with Crippen molar-refractivity contribution in [2.45, 2.75) is 25.1 Å². The molecule has 2 unspecified atom stereocenters. The van der Waals surface area contributed by atoms with Gasteiger partial charge in [0.15, 0.2) is 0 Å². The van der Waals surface area contributed by atoms with Crippen LogP contribution in [0.1, 0.15) is 42.5 Å². The monoisotopic (exact) mass is 236 g/mol. The molecule has 2 aromatic rings. The highest BCUT2D eigenvalue weighted by Gasteiger charge is 2.17. The van der Waals surface area contributed by atoms with Crippen molar-refractivity contribution >= 4 is 11.6 Å². The number of nitrogens with zero attached hydrogens (tertiary/aromatic N) is 2.